The number of aliphatic hydroxyl groups excluding tert-OH is 1. The fourth-order valence-electron chi connectivity index (χ4n) is 3.15. The van der Waals surface area contributed by atoms with E-state index in [1.807, 2.05) is 19.1 Å². The van der Waals surface area contributed by atoms with E-state index in [4.69, 9.17) is 4.74 Å². The van der Waals surface area contributed by atoms with Crippen LogP contribution in [0, 0.1) is 19.8 Å². The van der Waals surface area contributed by atoms with Gasteiger partial charge in [0.15, 0.2) is 0 Å². The van der Waals surface area contributed by atoms with Crippen molar-refractivity contribution in [2.75, 3.05) is 13.2 Å². The lowest BCUT2D eigenvalue weighted by Gasteiger charge is -2.22. The molecule has 0 spiro atoms. The van der Waals surface area contributed by atoms with E-state index in [2.05, 4.69) is 25.2 Å². The quantitative estimate of drug-likeness (QED) is 0.810. The van der Waals surface area contributed by atoms with Crippen LogP contribution in [0.4, 0.5) is 0 Å². The highest BCUT2D eigenvalue weighted by Crippen LogP contribution is 2.27. The van der Waals surface area contributed by atoms with Crippen LogP contribution in [-0.4, -0.2) is 30.4 Å². The lowest BCUT2D eigenvalue weighted by molar-refractivity contribution is 0.101. The van der Waals surface area contributed by atoms with Crippen LogP contribution >= 0.6 is 0 Å². The summed E-state index contributed by atoms with van der Waals surface area (Å²) in [6.45, 7) is 7.28. The molecule has 2 atom stereocenters. The molecule has 1 unspecified atom stereocenters. The summed E-state index contributed by atoms with van der Waals surface area (Å²) in [7, 11) is 0. The monoisotopic (exact) mass is 291 g/mol. The molecule has 1 aliphatic rings. The number of rotatable bonds is 7. The first kappa shape index (κ1) is 16.3. The number of hydrogen-bond donors (Lipinski definition) is 2. The number of hydrogen-bond acceptors (Lipinski definition) is 3. The van der Waals surface area contributed by atoms with Crippen LogP contribution in [0.1, 0.15) is 43.7 Å². The Labute approximate surface area is 128 Å². The molecule has 1 saturated carbocycles. The maximum Gasteiger partial charge on any atom is 0.122 e. The fourth-order valence-corrected chi connectivity index (χ4v) is 3.15. The van der Waals surface area contributed by atoms with E-state index in [1.165, 1.54) is 31.2 Å². The molecule has 1 aliphatic carbocycles. The second kappa shape index (κ2) is 7.81. The van der Waals surface area contributed by atoms with Gasteiger partial charge in [-0.1, -0.05) is 30.5 Å². The van der Waals surface area contributed by atoms with Gasteiger partial charge in [0, 0.05) is 12.6 Å². The molecule has 1 aromatic carbocycles. The lowest BCUT2D eigenvalue weighted by atomic mass is 10.00. The Morgan fingerprint density at radius 1 is 1.29 bits per heavy atom. The third-order valence-corrected chi connectivity index (χ3v) is 4.54. The number of aryl methyl sites for hydroxylation is 2. The third-order valence-electron chi connectivity index (χ3n) is 4.54. The zero-order valence-electron chi connectivity index (χ0n) is 13.6. The van der Waals surface area contributed by atoms with Gasteiger partial charge in [0.25, 0.3) is 0 Å². The second-order valence-corrected chi connectivity index (χ2v) is 6.48. The minimum absolute atomic E-state index is 0.342. The van der Waals surface area contributed by atoms with Gasteiger partial charge in [-0.2, -0.15) is 0 Å². The summed E-state index contributed by atoms with van der Waals surface area (Å²) in [5, 5.41) is 13.5. The van der Waals surface area contributed by atoms with Crippen LogP contribution in [0.3, 0.4) is 0 Å². The van der Waals surface area contributed by atoms with E-state index in [0.29, 0.717) is 19.2 Å². The smallest absolute Gasteiger partial charge is 0.122 e. The standard InChI is InChI=1S/C18H29NO2/c1-13-8-9-18(14(2)10-13)21-12-17(20)11-19-15(3)16-6-4-5-7-16/h8-10,15-17,19-20H,4-7,11-12H2,1-3H3/t15-,17?/m0/s1. The minimum Gasteiger partial charge on any atom is -0.491 e. The fraction of sp³-hybridized carbons (Fsp3) is 0.667. The summed E-state index contributed by atoms with van der Waals surface area (Å²) in [6.07, 6.45) is 4.89. The van der Waals surface area contributed by atoms with E-state index < -0.39 is 6.10 Å². The second-order valence-electron chi connectivity index (χ2n) is 6.48. The predicted molar refractivity (Wildman–Crippen MR) is 86.8 cm³/mol. The van der Waals surface area contributed by atoms with Gasteiger partial charge in [0.05, 0.1) is 0 Å². The average molecular weight is 291 g/mol. The summed E-state index contributed by atoms with van der Waals surface area (Å²) in [4.78, 5) is 0. The first-order chi connectivity index (χ1) is 10.1. The molecule has 21 heavy (non-hydrogen) atoms. The summed E-state index contributed by atoms with van der Waals surface area (Å²) in [5.41, 5.74) is 2.35. The molecule has 0 aromatic heterocycles. The van der Waals surface area contributed by atoms with Gasteiger partial charge in [-0.3, -0.25) is 0 Å². The van der Waals surface area contributed by atoms with Crippen LogP contribution in [0.2, 0.25) is 0 Å². The normalized spacial score (nSPS) is 18.7. The van der Waals surface area contributed by atoms with Crippen molar-refractivity contribution in [1.29, 1.82) is 0 Å². The topological polar surface area (TPSA) is 41.5 Å². The largest absolute Gasteiger partial charge is 0.491 e. The van der Waals surface area contributed by atoms with E-state index >= 15 is 0 Å². The number of ether oxygens (including phenoxy) is 1. The molecule has 3 heteroatoms. The third kappa shape index (κ3) is 5.01. The molecule has 2 rings (SSSR count). The van der Waals surface area contributed by atoms with Gasteiger partial charge >= 0.3 is 0 Å². The van der Waals surface area contributed by atoms with Crippen molar-refractivity contribution in [2.24, 2.45) is 5.92 Å². The zero-order valence-corrected chi connectivity index (χ0v) is 13.6. The molecule has 118 valence electrons. The maximum atomic E-state index is 10.1. The first-order valence-electron chi connectivity index (χ1n) is 8.17. The average Bonchev–Trinajstić information content (AvgIpc) is 2.98. The lowest BCUT2D eigenvalue weighted by Crippen LogP contribution is -2.39. The van der Waals surface area contributed by atoms with Gasteiger partial charge in [-0.15, -0.1) is 0 Å². The summed E-state index contributed by atoms with van der Waals surface area (Å²) in [5.74, 6) is 1.64. The van der Waals surface area contributed by atoms with E-state index in [1.54, 1.807) is 0 Å². The molecule has 0 heterocycles. The van der Waals surface area contributed by atoms with Crippen LogP contribution in [-0.2, 0) is 0 Å². The number of benzene rings is 1. The summed E-state index contributed by atoms with van der Waals surface area (Å²) in [6, 6.07) is 6.60. The SMILES string of the molecule is Cc1ccc(OCC(O)CN[C@@H](C)C2CCCC2)c(C)c1. The zero-order chi connectivity index (χ0) is 15.2. The Balaban J connectivity index is 1.70. The Hall–Kier alpha value is -1.06. The van der Waals surface area contributed by atoms with Crippen molar-refractivity contribution in [2.45, 2.75) is 58.6 Å². The summed E-state index contributed by atoms with van der Waals surface area (Å²) >= 11 is 0. The van der Waals surface area contributed by atoms with Crippen LogP contribution in [0.25, 0.3) is 0 Å². The molecule has 0 radical (unpaired) electrons. The van der Waals surface area contributed by atoms with Gasteiger partial charge < -0.3 is 15.2 Å². The van der Waals surface area contributed by atoms with Gasteiger partial charge in [0.1, 0.15) is 18.5 Å². The highest BCUT2D eigenvalue weighted by atomic mass is 16.5. The van der Waals surface area contributed by atoms with E-state index in [9.17, 15) is 5.11 Å². The Kier molecular flexibility index (Phi) is 6.07. The molecule has 0 bridgehead atoms. The van der Waals surface area contributed by atoms with E-state index in [-0.39, 0.29) is 0 Å². The number of nitrogens with one attached hydrogen (secondary N) is 1. The molecule has 1 aromatic rings. The minimum atomic E-state index is -0.463. The van der Waals surface area contributed by atoms with Crippen molar-refractivity contribution >= 4 is 0 Å². The van der Waals surface area contributed by atoms with Crippen LogP contribution < -0.4 is 10.1 Å². The predicted octanol–water partition coefficient (Wildman–Crippen LogP) is 3.21. The van der Waals surface area contributed by atoms with E-state index in [0.717, 1.165) is 17.2 Å². The molecular formula is C18H29NO2. The van der Waals surface area contributed by atoms with Gasteiger partial charge in [0.2, 0.25) is 0 Å². The number of aliphatic hydroxyl groups is 1. The highest BCUT2D eigenvalue weighted by Gasteiger charge is 2.21. The first-order valence-corrected chi connectivity index (χ1v) is 8.17. The van der Waals surface area contributed by atoms with Gasteiger partial charge in [-0.05, 0) is 51.2 Å². The molecule has 0 saturated heterocycles. The van der Waals surface area contributed by atoms with Crippen molar-refractivity contribution in [1.82, 2.24) is 5.32 Å². The molecular weight excluding hydrogens is 262 g/mol. The Morgan fingerprint density at radius 3 is 2.67 bits per heavy atom. The molecule has 0 amide bonds. The van der Waals surface area contributed by atoms with Crippen LogP contribution in [0.5, 0.6) is 5.75 Å². The molecule has 0 aliphatic heterocycles. The van der Waals surface area contributed by atoms with Crippen LogP contribution in [0.15, 0.2) is 18.2 Å². The Morgan fingerprint density at radius 2 is 2.00 bits per heavy atom. The molecule has 2 N–H and O–H groups in total. The van der Waals surface area contributed by atoms with Crippen molar-refractivity contribution < 1.29 is 9.84 Å². The van der Waals surface area contributed by atoms with Crippen molar-refractivity contribution in [3.05, 3.63) is 29.3 Å². The molecule has 3 nitrogen and oxygen atoms in total. The Bertz CT molecular complexity index is 441. The van der Waals surface area contributed by atoms with Crippen molar-refractivity contribution in [3.8, 4) is 5.75 Å². The summed E-state index contributed by atoms with van der Waals surface area (Å²) < 4.78 is 5.72. The van der Waals surface area contributed by atoms with Crippen molar-refractivity contribution in [3.63, 3.8) is 0 Å². The van der Waals surface area contributed by atoms with Gasteiger partial charge in [-0.25, -0.2) is 0 Å². The molecule has 1 fully saturated rings. The maximum absolute atomic E-state index is 10.1. The highest BCUT2D eigenvalue weighted by molar-refractivity contribution is 5.35.